The molecule has 5 nitrogen and oxygen atoms in total. The number of hydrogen-bond donors (Lipinski definition) is 0. The van der Waals surface area contributed by atoms with E-state index in [4.69, 9.17) is 48.7 Å². The maximum absolute atomic E-state index is 5.70. The second-order valence-corrected chi connectivity index (χ2v) is 6.78. The summed E-state index contributed by atoms with van der Waals surface area (Å²) in [5, 5.41) is 7.73. The molecule has 0 amide bonds. The van der Waals surface area contributed by atoms with Crippen LogP contribution in [0.4, 0.5) is 0 Å². The molecule has 19 heavy (non-hydrogen) atoms. The molecular weight excluding hydrogens is 314 g/mol. The van der Waals surface area contributed by atoms with E-state index in [1.165, 1.54) is 0 Å². The monoisotopic (exact) mass is 328 g/mol. The molecule has 2 rings (SSSR count). The highest BCUT2D eigenvalue weighted by Gasteiger charge is 2.36. The molecular formula is C11H15Cl3N2O3. The van der Waals surface area contributed by atoms with Crippen molar-refractivity contribution >= 4 is 34.8 Å². The van der Waals surface area contributed by atoms with Crippen LogP contribution in [0.3, 0.4) is 0 Å². The normalized spacial score (nSPS) is 28.6. The summed E-state index contributed by atoms with van der Waals surface area (Å²) in [5.41, 5.74) is 0. The Hall–Kier alpha value is -0.0700. The molecule has 108 valence electrons. The molecule has 1 fully saturated rings. The molecule has 1 heterocycles. The van der Waals surface area contributed by atoms with Gasteiger partial charge in [0.25, 0.3) is 9.68 Å². The lowest BCUT2D eigenvalue weighted by molar-refractivity contribution is -0.0642. The molecule has 0 bridgehead atoms. The van der Waals surface area contributed by atoms with Gasteiger partial charge in [0, 0.05) is 20.1 Å². The molecule has 1 aliphatic rings. The predicted octanol–water partition coefficient (Wildman–Crippen LogP) is 3.19. The van der Waals surface area contributed by atoms with Gasteiger partial charge in [0.1, 0.15) is 0 Å². The Bertz CT molecular complexity index is 422. The van der Waals surface area contributed by atoms with E-state index in [1.807, 2.05) is 0 Å². The molecule has 0 aromatic carbocycles. The van der Waals surface area contributed by atoms with Crippen LogP contribution in [0, 0.1) is 0 Å². The third kappa shape index (κ3) is 3.52. The van der Waals surface area contributed by atoms with Gasteiger partial charge in [0.15, 0.2) is 0 Å². The lowest BCUT2D eigenvalue weighted by Crippen LogP contribution is -2.36. The number of aromatic nitrogens is 2. The molecule has 3 atom stereocenters. The van der Waals surface area contributed by atoms with Crippen molar-refractivity contribution in [2.75, 3.05) is 14.2 Å². The maximum Gasteiger partial charge on any atom is 0.268 e. The standard InChI is InChI=1S/C11H15Cl3N2O3/c1-17-7-4-3-6(5-8(7)18-2)9-15-16-10(19-9)11(12,13)14/h6-8H,3-5H2,1-2H3. The van der Waals surface area contributed by atoms with E-state index >= 15 is 0 Å². The molecule has 0 N–H and O–H groups in total. The van der Waals surface area contributed by atoms with E-state index in [9.17, 15) is 0 Å². The first-order chi connectivity index (χ1) is 8.95. The number of rotatable bonds is 3. The predicted molar refractivity (Wildman–Crippen MR) is 71.7 cm³/mol. The van der Waals surface area contributed by atoms with Crippen LogP contribution in [-0.4, -0.2) is 36.6 Å². The lowest BCUT2D eigenvalue weighted by atomic mass is 9.85. The average molecular weight is 330 g/mol. The number of methoxy groups -OCH3 is 2. The Balaban J connectivity index is 2.09. The Morgan fingerprint density at radius 1 is 1.11 bits per heavy atom. The first kappa shape index (κ1) is 15.3. The number of hydrogen-bond acceptors (Lipinski definition) is 5. The fraction of sp³-hybridized carbons (Fsp3) is 0.818. The summed E-state index contributed by atoms with van der Waals surface area (Å²) in [7, 11) is 3.35. The molecule has 1 aromatic rings. The van der Waals surface area contributed by atoms with Gasteiger partial charge in [-0.15, -0.1) is 10.2 Å². The van der Waals surface area contributed by atoms with Crippen molar-refractivity contribution in [2.24, 2.45) is 0 Å². The molecule has 1 aromatic heterocycles. The van der Waals surface area contributed by atoms with Gasteiger partial charge in [-0.1, -0.05) is 34.8 Å². The number of halogens is 3. The zero-order valence-electron chi connectivity index (χ0n) is 10.6. The highest BCUT2D eigenvalue weighted by molar-refractivity contribution is 6.66. The lowest BCUT2D eigenvalue weighted by Gasteiger charge is -2.32. The second-order valence-electron chi connectivity index (χ2n) is 4.50. The Labute approximate surface area is 126 Å². The van der Waals surface area contributed by atoms with E-state index in [0.717, 1.165) is 19.3 Å². The summed E-state index contributed by atoms with van der Waals surface area (Å²) in [5.74, 6) is 0.582. The Kier molecular flexibility index (Phi) is 4.95. The van der Waals surface area contributed by atoms with Crippen LogP contribution in [-0.2, 0) is 13.3 Å². The van der Waals surface area contributed by atoms with Crippen molar-refractivity contribution in [3.63, 3.8) is 0 Å². The summed E-state index contributed by atoms with van der Waals surface area (Å²) in [6.45, 7) is 0. The van der Waals surface area contributed by atoms with E-state index in [-0.39, 0.29) is 24.0 Å². The number of nitrogens with zero attached hydrogens (tertiary/aromatic N) is 2. The molecule has 3 unspecified atom stereocenters. The van der Waals surface area contributed by atoms with Crippen molar-refractivity contribution < 1.29 is 13.9 Å². The summed E-state index contributed by atoms with van der Waals surface area (Å²) in [6.07, 6.45) is 2.59. The molecule has 0 aliphatic heterocycles. The first-order valence-corrected chi connectivity index (χ1v) is 7.05. The van der Waals surface area contributed by atoms with Crippen LogP contribution < -0.4 is 0 Å². The topological polar surface area (TPSA) is 57.4 Å². The van der Waals surface area contributed by atoms with Crippen LogP contribution in [0.15, 0.2) is 4.42 Å². The van der Waals surface area contributed by atoms with Crippen molar-refractivity contribution in [2.45, 2.75) is 41.2 Å². The van der Waals surface area contributed by atoms with Crippen LogP contribution in [0.5, 0.6) is 0 Å². The van der Waals surface area contributed by atoms with E-state index < -0.39 is 3.79 Å². The van der Waals surface area contributed by atoms with Gasteiger partial charge in [-0.25, -0.2) is 0 Å². The Morgan fingerprint density at radius 2 is 1.79 bits per heavy atom. The minimum absolute atomic E-state index is 0.00432. The average Bonchev–Trinajstić information content (AvgIpc) is 2.87. The smallest absolute Gasteiger partial charge is 0.268 e. The Morgan fingerprint density at radius 3 is 2.32 bits per heavy atom. The summed E-state index contributed by atoms with van der Waals surface area (Å²) in [4.78, 5) is 0. The van der Waals surface area contributed by atoms with Crippen LogP contribution in [0.1, 0.15) is 37.0 Å². The maximum atomic E-state index is 5.70. The highest BCUT2D eigenvalue weighted by Crippen LogP contribution is 2.40. The van der Waals surface area contributed by atoms with Crippen molar-refractivity contribution in [1.82, 2.24) is 10.2 Å². The van der Waals surface area contributed by atoms with Gasteiger partial charge in [0.2, 0.25) is 5.89 Å². The van der Waals surface area contributed by atoms with Crippen LogP contribution in [0.25, 0.3) is 0 Å². The zero-order chi connectivity index (χ0) is 14.0. The van der Waals surface area contributed by atoms with Gasteiger partial charge in [-0.3, -0.25) is 0 Å². The SMILES string of the molecule is COC1CCC(c2nnc(C(Cl)(Cl)Cl)o2)CC1OC. The molecule has 0 spiro atoms. The van der Waals surface area contributed by atoms with Crippen LogP contribution >= 0.6 is 34.8 Å². The van der Waals surface area contributed by atoms with E-state index in [0.29, 0.717) is 5.89 Å². The van der Waals surface area contributed by atoms with Crippen molar-refractivity contribution in [3.8, 4) is 0 Å². The summed E-state index contributed by atoms with van der Waals surface area (Å²) in [6, 6.07) is 0. The minimum Gasteiger partial charge on any atom is -0.421 e. The van der Waals surface area contributed by atoms with Gasteiger partial charge < -0.3 is 13.9 Å². The van der Waals surface area contributed by atoms with E-state index in [1.54, 1.807) is 14.2 Å². The van der Waals surface area contributed by atoms with Crippen LogP contribution in [0.2, 0.25) is 0 Å². The van der Waals surface area contributed by atoms with Gasteiger partial charge in [0.05, 0.1) is 12.2 Å². The summed E-state index contributed by atoms with van der Waals surface area (Å²) >= 11 is 17.1. The van der Waals surface area contributed by atoms with Crippen molar-refractivity contribution in [3.05, 3.63) is 11.8 Å². The minimum atomic E-state index is -1.68. The van der Waals surface area contributed by atoms with Gasteiger partial charge in [-0.05, 0) is 19.3 Å². The van der Waals surface area contributed by atoms with Gasteiger partial charge >= 0.3 is 0 Å². The fourth-order valence-corrected chi connectivity index (χ4v) is 2.59. The van der Waals surface area contributed by atoms with E-state index in [2.05, 4.69) is 10.2 Å². The highest BCUT2D eigenvalue weighted by atomic mass is 35.6. The largest absolute Gasteiger partial charge is 0.421 e. The van der Waals surface area contributed by atoms with Gasteiger partial charge in [-0.2, -0.15) is 0 Å². The molecule has 0 saturated heterocycles. The third-order valence-corrected chi connectivity index (χ3v) is 3.85. The zero-order valence-corrected chi connectivity index (χ0v) is 12.9. The second kappa shape index (κ2) is 6.14. The molecule has 0 radical (unpaired) electrons. The summed E-state index contributed by atoms with van der Waals surface area (Å²) < 4.78 is 14.6. The molecule has 1 aliphatic carbocycles. The molecule has 8 heteroatoms. The third-order valence-electron chi connectivity index (χ3n) is 3.37. The number of alkyl halides is 3. The first-order valence-electron chi connectivity index (χ1n) is 5.92. The molecule has 1 saturated carbocycles. The quantitative estimate of drug-likeness (QED) is 0.797. The van der Waals surface area contributed by atoms with Crippen molar-refractivity contribution in [1.29, 1.82) is 0 Å². The fourth-order valence-electron chi connectivity index (χ4n) is 2.36. The number of ether oxygens (including phenoxy) is 2.